The van der Waals surface area contributed by atoms with Crippen LogP contribution in [0.2, 0.25) is 0 Å². The highest BCUT2D eigenvalue weighted by molar-refractivity contribution is 5.94. The van der Waals surface area contributed by atoms with Crippen molar-refractivity contribution in [3.05, 3.63) is 12.7 Å². The van der Waals surface area contributed by atoms with E-state index in [1.807, 2.05) is 0 Å². The van der Waals surface area contributed by atoms with Gasteiger partial charge >= 0.3 is 11.9 Å². The van der Waals surface area contributed by atoms with Crippen molar-refractivity contribution in [2.75, 3.05) is 0 Å². The Morgan fingerprint density at radius 2 is 1.60 bits per heavy atom. The van der Waals surface area contributed by atoms with Crippen molar-refractivity contribution < 1.29 is 19.8 Å². The average molecular weight is 146 g/mol. The minimum Gasteiger partial charge on any atom is -0.480 e. The van der Waals surface area contributed by atoms with Gasteiger partial charge in [-0.15, -0.1) is 6.58 Å². The summed E-state index contributed by atoms with van der Waals surface area (Å²) in [5.74, 6) is -4.26. The summed E-state index contributed by atoms with van der Waals surface area (Å²) < 4.78 is 0. The van der Waals surface area contributed by atoms with Crippen molar-refractivity contribution in [1.29, 1.82) is 0 Å². The molecular formula is C6H10O4. The number of hydrogen-bond acceptors (Lipinski definition) is 2. The third-order valence-corrected chi connectivity index (χ3v) is 0.768. The third kappa shape index (κ3) is 2.86. The van der Waals surface area contributed by atoms with E-state index >= 15 is 0 Å². The molecule has 0 atom stereocenters. The van der Waals surface area contributed by atoms with Crippen LogP contribution in [-0.4, -0.2) is 22.2 Å². The van der Waals surface area contributed by atoms with Gasteiger partial charge in [0.15, 0.2) is 5.92 Å². The molecule has 2 N–H and O–H groups in total. The summed E-state index contributed by atoms with van der Waals surface area (Å²) in [6.45, 7) is 3.04. The second-order valence-corrected chi connectivity index (χ2v) is 1.39. The van der Waals surface area contributed by atoms with Gasteiger partial charge in [0.05, 0.1) is 0 Å². The fourth-order valence-electron chi connectivity index (χ4n) is 0.307. The van der Waals surface area contributed by atoms with E-state index in [1.165, 1.54) is 0 Å². The van der Waals surface area contributed by atoms with Crippen LogP contribution in [0.1, 0.15) is 7.43 Å². The molecule has 10 heavy (non-hydrogen) atoms. The van der Waals surface area contributed by atoms with Gasteiger partial charge < -0.3 is 10.2 Å². The number of carboxylic acids is 2. The van der Waals surface area contributed by atoms with E-state index in [2.05, 4.69) is 6.58 Å². The van der Waals surface area contributed by atoms with Crippen LogP contribution < -0.4 is 0 Å². The Kier molecular flexibility index (Phi) is 5.22. The van der Waals surface area contributed by atoms with Crippen molar-refractivity contribution in [3.63, 3.8) is 0 Å². The van der Waals surface area contributed by atoms with Crippen molar-refractivity contribution in [3.8, 4) is 0 Å². The van der Waals surface area contributed by atoms with Crippen LogP contribution in [0, 0.1) is 5.92 Å². The Morgan fingerprint density at radius 3 is 1.60 bits per heavy atom. The fourth-order valence-corrected chi connectivity index (χ4v) is 0.307. The molecule has 4 nitrogen and oxygen atoms in total. The molecule has 0 unspecified atom stereocenters. The molecule has 0 aromatic carbocycles. The second-order valence-electron chi connectivity index (χ2n) is 1.39. The lowest BCUT2D eigenvalue weighted by Gasteiger charge is -1.96. The third-order valence-electron chi connectivity index (χ3n) is 0.768. The van der Waals surface area contributed by atoms with Crippen LogP contribution in [0.3, 0.4) is 0 Å². The van der Waals surface area contributed by atoms with Crippen molar-refractivity contribution in [1.82, 2.24) is 0 Å². The van der Waals surface area contributed by atoms with Crippen LogP contribution in [0.4, 0.5) is 0 Å². The summed E-state index contributed by atoms with van der Waals surface area (Å²) in [6, 6.07) is 0. The van der Waals surface area contributed by atoms with E-state index in [0.29, 0.717) is 0 Å². The summed E-state index contributed by atoms with van der Waals surface area (Å²) in [6.07, 6.45) is 0.866. The predicted molar refractivity (Wildman–Crippen MR) is 35.7 cm³/mol. The highest BCUT2D eigenvalue weighted by atomic mass is 16.4. The van der Waals surface area contributed by atoms with E-state index in [9.17, 15) is 9.59 Å². The molecule has 0 aliphatic carbocycles. The predicted octanol–water partition coefficient (Wildman–Crippen LogP) is 0.594. The highest BCUT2D eigenvalue weighted by Crippen LogP contribution is 1.96. The van der Waals surface area contributed by atoms with Crippen LogP contribution >= 0.6 is 0 Å². The van der Waals surface area contributed by atoms with E-state index in [1.54, 1.807) is 0 Å². The summed E-state index contributed by atoms with van der Waals surface area (Å²) in [4.78, 5) is 19.8. The van der Waals surface area contributed by atoms with Gasteiger partial charge in [-0.1, -0.05) is 13.5 Å². The number of aliphatic carboxylic acids is 2. The van der Waals surface area contributed by atoms with Crippen molar-refractivity contribution in [2.45, 2.75) is 7.43 Å². The largest absolute Gasteiger partial charge is 0.480 e. The zero-order valence-corrected chi connectivity index (χ0v) is 4.57. The SMILES string of the molecule is C.C=CC(C(=O)O)C(=O)O. The fraction of sp³-hybridized carbons (Fsp3) is 0.333. The van der Waals surface area contributed by atoms with Gasteiger partial charge in [0, 0.05) is 0 Å². The molecule has 4 heteroatoms. The van der Waals surface area contributed by atoms with Crippen molar-refractivity contribution in [2.24, 2.45) is 5.92 Å². The Labute approximate surface area is 58.8 Å². The van der Waals surface area contributed by atoms with Gasteiger partial charge in [0.1, 0.15) is 0 Å². The molecule has 0 radical (unpaired) electrons. The van der Waals surface area contributed by atoms with Crippen LogP contribution in [0.25, 0.3) is 0 Å². The maximum Gasteiger partial charge on any atom is 0.321 e. The van der Waals surface area contributed by atoms with Gasteiger partial charge in [-0.2, -0.15) is 0 Å². The minimum absolute atomic E-state index is 0. The zero-order valence-electron chi connectivity index (χ0n) is 4.57. The Morgan fingerprint density at radius 1 is 1.30 bits per heavy atom. The Hall–Kier alpha value is -1.32. The quantitative estimate of drug-likeness (QED) is 0.451. The Balaban J connectivity index is 0. The van der Waals surface area contributed by atoms with Gasteiger partial charge in [-0.25, -0.2) is 0 Å². The first-order chi connectivity index (χ1) is 4.09. The van der Waals surface area contributed by atoms with Crippen LogP contribution in [0.5, 0.6) is 0 Å². The second kappa shape index (κ2) is 4.55. The summed E-state index contributed by atoms with van der Waals surface area (Å²) >= 11 is 0. The molecule has 0 aromatic heterocycles. The number of rotatable bonds is 3. The highest BCUT2D eigenvalue weighted by Gasteiger charge is 2.20. The number of hydrogen-bond donors (Lipinski definition) is 2. The van der Waals surface area contributed by atoms with Gasteiger partial charge in [0.25, 0.3) is 0 Å². The van der Waals surface area contributed by atoms with E-state index in [0.717, 1.165) is 6.08 Å². The molecule has 0 spiro atoms. The minimum atomic E-state index is -1.48. The van der Waals surface area contributed by atoms with E-state index in [4.69, 9.17) is 10.2 Å². The van der Waals surface area contributed by atoms with E-state index < -0.39 is 17.9 Å². The van der Waals surface area contributed by atoms with Crippen LogP contribution in [-0.2, 0) is 9.59 Å². The molecule has 0 aliphatic rings. The first-order valence-electron chi connectivity index (χ1n) is 2.17. The molecule has 0 fully saturated rings. The summed E-state index contributed by atoms with van der Waals surface area (Å²) in [7, 11) is 0. The molecule has 0 bridgehead atoms. The monoisotopic (exact) mass is 146 g/mol. The maximum absolute atomic E-state index is 9.92. The lowest BCUT2D eigenvalue weighted by Crippen LogP contribution is -2.20. The smallest absolute Gasteiger partial charge is 0.321 e. The van der Waals surface area contributed by atoms with Gasteiger partial charge in [0.2, 0.25) is 0 Å². The lowest BCUT2D eigenvalue weighted by atomic mass is 10.1. The molecular weight excluding hydrogens is 136 g/mol. The lowest BCUT2D eigenvalue weighted by molar-refractivity contribution is -0.151. The molecule has 0 amide bonds. The van der Waals surface area contributed by atoms with Crippen molar-refractivity contribution >= 4 is 11.9 Å². The molecule has 0 heterocycles. The number of carboxylic acid groups (broad SMARTS) is 2. The summed E-state index contributed by atoms with van der Waals surface area (Å²) in [5.41, 5.74) is 0. The molecule has 58 valence electrons. The molecule has 0 aromatic rings. The topological polar surface area (TPSA) is 74.6 Å². The maximum atomic E-state index is 9.92. The molecule has 0 saturated heterocycles. The number of carbonyl (C=O) groups is 2. The standard InChI is InChI=1S/C5H6O4.CH4/c1-2-3(4(6)7)5(8)9;/h2-3H,1H2,(H,6,7)(H,8,9);1H4. The zero-order chi connectivity index (χ0) is 7.44. The Bertz CT molecular complexity index is 136. The summed E-state index contributed by atoms with van der Waals surface area (Å²) in [5, 5.41) is 16.2. The average Bonchev–Trinajstić information content (AvgIpc) is 1.64. The molecule has 0 aliphatic heterocycles. The molecule has 0 rings (SSSR count). The molecule has 0 saturated carbocycles. The van der Waals surface area contributed by atoms with E-state index in [-0.39, 0.29) is 7.43 Å². The first-order valence-corrected chi connectivity index (χ1v) is 2.17. The van der Waals surface area contributed by atoms with Gasteiger partial charge in [-0.05, 0) is 0 Å². The normalized spacial score (nSPS) is 8.10. The van der Waals surface area contributed by atoms with Crippen LogP contribution in [0.15, 0.2) is 12.7 Å². The first kappa shape index (κ1) is 11.5. The van der Waals surface area contributed by atoms with Gasteiger partial charge in [-0.3, -0.25) is 9.59 Å².